The number of nitrogens with two attached hydrogens (primary N) is 1. The summed E-state index contributed by atoms with van der Waals surface area (Å²) in [5.74, 6) is 0. The largest absolute Gasteiger partial charge is 0.443 e. The van der Waals surface area contributed by atoms with Crippen molar-refractivity contribution in [3.63, 3.8) is 0 Å². The maximum Gasteiger partial charge on any atom is 0.422 e. The second-order valence-electron chi connectivity index (χ2n) is 4.96. The summed E-state index contributed by atoms with van der Waals surface area (Å²) in [5.41, 5.74) is 8.04. The lowest BCUT2D eigenvalue weighted by Gasteiger charge is -2.31. The molecule has 1 saturated heterocycles. The second-order valence-corrected chi connectivity index (χ2v) is 4.96. The van der Waals surface area contributed by atoms with Gasteiger partial charge in [-0.05, 0) is 33.6 Å². The van der Waals surface area contributed by atoms with Gasteiger partial charge in [0, 0.05) is 19.1 Å². The van der Waals surface area contributed by atoms with Crippen LogP contribution in [0, 0.1) is 0 Å². The van der Waals surface area contributed by atoms with Gasteiger partial charge in [-0.3, -0.25) is 5.43 Å². The van der Waals surface area contributed by atoms with Crippen LogP contribution in [-0.4, -0.2) is 35.8 Å². The van der Waals surface area contributed by atoms with Gasteiger partial charge < -0.3 is 10.5 Å². The molecule has 1 rings (SSSR count). The van der Waals surface area contributed by atoms with Crippen molar-refractivity contribution in [3.8, 4) is 0 Å². The minimum Gasteiger partial charge on any atom is -0.443 e. The van der Waals surface area contributed by atoms with Crippen molar-refractivity contribution in [2.45, 2.75) is 45.3 Å². The molecule has 0 spiro atoms. The molecule has 15 heavy (non-hydrogen) atoms. The van der Waals surface area contributed by atoms with Crippen LogP contribution >= 0.6 is 0 Å². The molecule has 1 heterocycles. The minimum absolute atomic E-state index is 0.147. The molecular weight excluding hydrogens is 194 g/mol. The lowest BCUT2D eigenvalue weighted by molar-refractivity contribution is 0.0284. The first-order chi connectivity index (χ1) is 6.87. The maximum atomic E-state index is 11.4. The predicted octanol–water partition coefficient (Wildman–Crippen LogP) is 0.849. The van der Waals surface area contributed by atoms with Gasteiger partial charge in [0.2, 0.25) is 0 Å². The topological polar surface area (TPSA) is 67.6 Å². The van der Waals surface area contributed by atoms with Crippen LogP contribution in [0.2, 0.25) is 0 Å². The molecule has 5 heteroatoms. The number of hydrogen-bond donors (Lipinski definition) is 2. The van der Waals surface area contributed by atoms with E-state index in [0.29, 0.717) is 6.54 Å². The number of hydrogen-bond acceptors (Lipinski definition) is 4. The lowest BCUT2D eigenvalue weighted by atomic mass is 10.1. The average Bonchev–Trinajstić information content (AvgIpc) is 1.99. The number of nitrogens with one attached hydrogen (secondary N) is 1. The normalized spacial score (nSPS) is 23.6. The average molecular weight is 215 g/mol. The van der Waals surface area contributed by atoms with E-state index in [-0.39, 0.29) is 6.04 Å². The molecule has 3 N–H and O–H groups in total. The molecular formula is C10H21N3O2. The summed E-state index contributed by atoms with van der Waals surface area (Å²) >= 11 is 0. The van der Waals surface area contributed by atoms with Gasteiger partial charge in [0.15, 0.2) is 0 Å². The second kappa shape index (κ2) is 4.81. The molecule has 1 atom stereocenters. The van der Waals surface area contributed by atoms with Gasteiger partial charge in [-0.15, -0.1) is 0 Å². The van der Waals surface area contributed by atoms with Crippen LogP contribution in [0.3, 0.4) is 0 Å². The summed E-state index contributed by atoms with van der Waals surface area (Å²) in [6.07, 6.45) is 1.63. The molecule has 1 aliphatic heterocycles. The van der Waals surface area contributed by atoms with Crippen LogP contribution in [0.15, 0.2) is 0 Å². The van der Waals surface area contributed by atoms with Gasteiger partial charge in [-0.25, -0.2) is 9.80 Å². The Bertz CT molecular complexity index is 225. The highest BCUT2D eigenvalue weighted by atomic mass is 16.6. The van der Waals surface area contributed by atoms with Gasteiger partial charge >= 0.3 is 6.09 Å². The Morgan fingerprint density at radius 1 is 1.53 bits per heavy atom. The van der Waals surface area contributed by atoms with Crippen molar-refractivity contribution >= 4 is 6.09 Å². The minimum atomic E-state index is -0.456. The molecule has 0 aliphatic carbocycles. The zero-order valence-corrected chi connectivity index (χ0v) is 9.75. The van der Waals surface area contributed by atoms with E-state index in [1.54, 1.807) is 0 Å². The van der Waals surface area contributed by atoms with Crippen LogP contribution < -0.4 is 11.2 Å². The van der Waals surface area contributed by atoms with E-state index in [9.17, 15) is 4.79 Å². The monoisotopic (exact) mass is 215 g/mol. The molecule has 1 fully saturated rings. The Labute approximate surface area is 90.9 Å². The first kappa shape index (κ1) is 12.3. The van der Waals surface area contributed by atoms with Gasteiger partial charge in [0.25, 0.3) is 0 Å². The molecule has 1 aliphatic rings. The van der Waals surface area contributed by atoms with E-state index in [1.165, 1.54) is 0 Å². The van der Waals surface area contributed by atoms with Gasteiger partial charge in [-0.2, -0.15) is 0 Å². The lowest BCUT2D eigenvalue weighted by Crippen LogP contribution is -2.52. The number of nitrogens with zero attached hydrogens (tertiary/aromatic N) is 1. The zero-order chi connectivity index (χ0) is 11.5. The third-order valence-electron chi connectivity index (χ3n) is 2.11. The SMILES string of the molecule is CC(C)(C)OC(=O)NN1CCC[C@@H](N)C1. The first-order valence-electron chi connectivity index (χ1n) is 5.37. The molecule has 1 amide bonds. The summed E-state index contributed by atoms with van der Waals surface area (Å²) in [7, 11) is 0. The van der Waals surface area contributed by atoms with Crippen molar-refractivity contribution < 1.29 is 9.53 Å². The van der Waals surface area contributed by atoms with E-state index in [1.807, 2.05) is 25.8 Å². The Hall–Kier alpha value is -0.810. The van der Waals surface area contributed by atoms with Crippen molar-refractivity contribution in [1.82, 2.24) is 10.4 Å². The molecule has 5 nitrogen and oxygen atoms in total. The fraction of sp³-hybridized carbons (Fsp3) is 0.900. The number of carbonyl (C=O) groups excluding carboxylic acids is 1. The van der Waals surface area contributed by atoms with Crippen molar-refractivity contribution in [2.75, 3.05) is 13.1 Å². The van der Waals surface area contributed by atoms with E-state index >= 15 is 0 Å². The highest BCUT2D eigenvalue weighted by Crippen LogP contribution is 2.09. The summed E-state index contributed by atoms with van der Waals surface area (Å²) < 4.78 is 5.14. The number of hydrazine groups is 1. The highest BCUT2D eigenvalue weighted by molar-refractivity contribution is 5.67. The summed E-state index contributed by atoms with van der Waals surface area (Å²) in [6.45, 7) is 7.06. The van der Waals surface area contributed by atoms with Gasteiger partial charge in [0.1, 0.15) is 5.60 Å². The number of rotatable bonds is 1. The van der Waals surface area contributed by atoms with Gasteiger partial charge in [-0.1, -0.05) is 0 Å². The van der Waals surface area contributed by atoms with Crippen LogP contribution in [0.25, 0.3) is 0 Å². The Balaban J connectivity index is 2.31. The van der Waals surface area contributed by atoms with Gasteiger partial charge in [0.05, 0.1) is 0 Å². The van der Waals surface area contributed by atoms with E-state index in [4.69, 9.17) is 10.5 Å². The highest BCUT2D eigenvalue weighted by Gasteiger charge is 2.21. The van der Waals surface area contributed by atoms with Crippen molar-refractivity contribution in [3.05, 3.63) is 0 Å². The molecule has 0 aromatic heterocycles. The van der Waals surface area contributed by atoms with Crippen molar-refractivity contribution in [2.24, 2.45) is 5.73 Å². The van der Waals surface area contributed by atoms with Crippen LogP contribution in [0.1, 0.15) is 33.6 Å². The summed E-state index contributed by atoms with van der Waals surface area (Å²) in [4.78, 5) is 11.4. The van der Waals surface area contributed by atoms with E-state index < -0.39 is 11.7 Å². The number of carbonyl (C=O) groups is 1. The van der Waals surface area contributed by atoms with Crippen molar-refractivity contribution in [1.29, 1.82) is 0 Å². The molecule has 0 aromatic carbocycles. The standard InChI is InChI=1S/C10H21N3O2/c1-10(2,3)15-9(14)12-13-6-4-5-8(11)7-13/h8H,4-7,11H2,1-3H3,(H,12,14)/t8-/m1/s1. The number of amides is 1. The Kier molecular flexibility index (Phi) is 3.93. The fourth-order valence-electron chi connectivity index (χ4n) is 1.54. The molecule has 0 saturated carbocycles. The predicted molar refractivity (Wildman–Crippen MR) is 58.2 cm³/mol. The third kappa shape index (κ3) is 4.99. The Morgan fingerprint density at radius 3 is 2.73 bits per heavy atom. The third-order valence-corrected chi connectivity index (χ3v) is 2.11. The fourth-order valence-corrected chi connectivity index (χ4v) is 1.54. The maximum absolute atomic E-state index is 11.4. The molecule has 88 valence electrons. The van der Waals surface area contributed by atoms with Crippen LogP contribution in [0.4, 0.5) is 4.79 Å². The number of piperidine rings is 1. The van der Waals surface area contributed by atoms with Crippen LogP contribution in [0.5, 0.6) is 0 Å². The molecule has 0 radical (unpaired) electrons. The molecule has 0 aromatic rings. The van der Waals surface area contributed by atoms with Crippen LogP contribution in [-0.2, 0) is 4.74 Å². The number of ether oxygens (including phenoxy) is 1. The zero-order valence-electron chi connectivity index (χ0n) is 9.75. The summed E-state index contributed by atoms with van der Waals surface area (Å²) in [5, 5.41) is 1.82. The first-order valence-corrected chi connectivity index (χ1v) is 5.37. The summed E-state index contributed by atoms with van der Waals surface area (Å²) in [6, 6.07) is 0.147. The molecule has 0 bridgehead atoms. The quantitative estimate of drug-likeness (QED) is 0.680. The smallest absolute Gasteiger partial charge is 0.422 e. The van der Waals surface area contributed by atoms with E-state index in [2.05, 4.69) is 5.43 Å². The Morgan fingerprint density at radius 2 is 2.20 bits per heavy atom. The van der Waals surface area contributed by atoms with E-state index in [0.717, 1.165) is 19.4 Å². The molecule has 0 unspecified atom stereocenters.